The molecule has 1 N–H and O–H groups in total. The van der Waals surface area contributed by atoms with Crippen LogP contribution in [0.4, 0.5) is 0 Å². The SMILES string of the molecule is Cc1nc2c(n1CC(C)(C)N(C)C)CCNC2. The van der Waals surface area contributed by atoms with E-state index in [1.54, 1.807) is 0 Å². The fourth-order valence-corrected chi connectivity index (χ4v) is 2.24. The Kier molecular flexibility index (Phi) is 3.27. The summed E-state index contributed by atoms with van der Waals surface area (Å²) in [5, 5.41) is 3.38. The van der Waals surface area contributed by atoms with Crippen LogP contribution in [-0.4, -0.2) is 40.6 Å². The zero-order valence-corrected chi connectivity index (χ0v) is 11.7. The lowest BCUT2D eigenvalue weighted by Crippen LogP contribution is -2.42. The third-order valence-corrected chi connectivity index (χ3v) is 3.93. The lowest BCUT2D eigenvalue weighted by atomic mass is 10.0. The smallest absolute Gasteiger partial charge is 0.106 e. The molecular weight excluding hydrogens is 212 g/mol. The fraction of sp³-hybridized carbons (Fsp3) is 0.769. The molecule has 1 aromatic rings. The second-order valence-corrected chi connectivity index (χ2v) is 5.77. The molecule has 0 fully saturated rings. The van der Waals surface area contributed by atoms with Crippen molar-refractivity contribution in [2.45, 2.75) is 45.8 Å². The largest absolute Gasteiger partial charge is 0.330 e. The van der Waals surface area contributed by atoms with E-state index in [-0.39, 0.29) is 5.54 Å². The Labute approximate surface area is 104 Å². The van der Waals surface area contributed by atoms with Crippen LogP contribution < -0.4 is 5.32 Å². The number of fused-ring (bicyclic) bond motifs is 1. The first kappa shape index (κ1) is 12.6. The average Bonchev–Trinajstić information content (AvgIpc) is 2.55. The predicted molar refractivity (Wildman–Crippen MR) is 70.1 cm³/mol. The van der Waals surface area contributed by atoms with Crippen molar-refractivity contribution in [1.82, 2.24) is 19.8 Å². The molecule has 1 aliphatic rings. The van der Waals surface area contributed by atoms with E-state index < -0.39 is 0 Å². The quantitative estimate of drug-likeness (QED) is 0.855. The minimum atomic E-state index is 0.157. The van der Waals surface area contributed by atoms with Crippen molar-refractivity contribution in [3.05, 3.63) is 17.2 Å². The van der Waals surface area contributed by atoms with E-state index in [2.05, 4.69) is 54.6 Å². The van der Waals surface area contributed by atoms with Gasteiger partial charge in [0.2, 0.25) is 0 Å². The molecule has 0 atom stereocenters. The number of hydrogen-bond donors (Lipinski definition) is 1. The molecule has 1 aliphatic heterocycles. The van der Waals surface area contributed by atoms with Crippen LogP contribution in [0.25, 0.3) is 0 Å². The third kappa shape index (κ3) is 2.38. The highest BCUT2D eigenvalue weighted by atomic mass is 15.2. The first-order valence-corrected chi connectivity index (χ1v) is 6.35. The molecule has 0 bridgehead atoms. The van der Waals surface area contributed by atoms with Crippen molar-refractivity contribution in [1.29, 1.82) is 0 Å². The first-order chi connectivity index (χ1) is 7.92. The maximum atomic E-state index is 4.68. The molecule has 1 aromatic heterocycles. The summed E-state index contributed by atoms with van der Waals surface area (Å²) in [6.07, 6.45) is 1.10. The molecule has 0 unspecified atom stereocenters. The summed E-state index contributed by atoms with van der Waals surface area (Å²) < 4.78 is 2.40. The molecule has 0 amide bonds. The second-order valence-electron chi connectivity index (χ2n) is 5.77. The Morgan fingerprint density at radius 3 is 2.76 bits per heavy atom. The van der Waals surface area contributed by atoms with Gasteiger partial charge >= 0.3 is 0 Å². The molecule has 17 heavy (non-hydrogen) atoms. The van der Waals surface area contributed by atoms with Crippen LogP contribution >= 0.6 is 0 Å². The number of nitrogens with one attached hydrogen (secondary N) is 1. The molecule has 0 aliphatic carbocycles. The molecular formula is C13H24N4. The number of imidazole rings is 1. The molecule has 0 radical (unpaired) electrons. The molecule has 0 saturated heterocycles. The van der Waals surface area contributed by atoms with Crippen LogP contribution in [0.2, 0.25) is 0 Å². The summed E-state index contributed by atoms with van der Waals surface area (Å²) >= 11 is 0. The topological polar surface area (TPSA) is 33.1 Å². The third-order valence-electron chi connectivity index (χ3n) is 3.93. The molecule has 2 heterocycles. The molecule has 0 spiro atoms. The van der Waals surface area contributed by atoms with Gasteiger partial charge in [-0.15, -0.1) is 0 Å². The number of aryl methyl sites for hydroxylation is 1. The van der Waals surface area contributed by atoms with Gasteiger partial charge in [-0.1, -0.05) is 0 Å². The Bertz CT molecular complexity index is 404. The lowest BCUT2D eigenvalue weighted by molar-refractivity contribution is 0.167. The fourth-order valence-electron chi connectivity index (χ4n) is 2.24. The number of rotatable bonds is 3. The van der Waals surface area contributed by atoms with Gasteiger partial charge < -0.3 is 14.8 Å². The lowest BCUT2D eigenvalue weighted by Gasteiger charge is -2.34. The standard InChI is InChI=1S/C13H24N4/c1-10-15-11-8-14-7-6-12(11)17(10)9-13(2,3)16(4)5/h14H,6-9H2,1-5H3. The zero-order chi connectivity index (χ0) is 12.6. The molecule has 4 nitrogen and oxygen atoms in total. The molecule has 0 aromatic carbocycles. The van der Waals surface area contributed by atoms with E-state index in [4.69, 9.17) is 0 Å². The van der Waals surface area contributed by atoms with Crippen LogP contribution in [-0.2, 0) is 19.5 Å². The molecule has 96 valence electrons. The van der Waals surface area contributed by atoms with Gasteiger partial charge in [0, 0.05) is 37.3 Å². The maximum Gasteiger partial charge on any atom is 0.106 e. The normalized spacial score (nSPS) is 16.4. The Balaban J connectivity index is 2.30. The van der Waals surface area contributed by atoms with Crippen molar-refractivity contribution in [2.75, 3.05) is 20.6 Å². The summed E-state index contributed by atoms with van der Waals surface area (Å²) in [5.74, 6) is 1.15. The van der Waals surface area contributed by atoms with Crippen molar-refractivity contribution in [3.63, 3.8) is 0 Å². The second kappa shape index (κ2) is 4.42. The monoisotopic (exact) mass is 236 g/mol. The van der Waals surface area contributed by atoms with Crippen LogP contribution in [0.5, 0.6) is 0 Å². The highest BCUT2D eigenvalue weighted by Gasteiger charge is 2.25. The number of nitrogens with zero attached hydrogens (tertiary/aromatic N) is 3. The number of likely N-dealkylation sites (N-methyl/N-ethyl adjacent to an activating group) is 1. The van der Waals surface area contributed by atoms with Gasteiger partial charge in [0.1, 0.15) is 5.82 Å². The minimum absolute atomic E-state index is 0.157. The number of aromatic nitrogens is 2. The van der Waals surface area contributed by atoms with Gasteiger partial charge in [-0.2, -0.15) is 0 Å². The van der Waals surface area contributed by atoms with Crippen LogP contribution in [0, 0.1) is 6.92 Å². The predicted octanol–water partition coefficient (Wildman–Crippen LogP) is 1.18. The van der Waals surface area contributed by atoms with Gasteiger partial charge in [-0.05, 0) is 34.9 Å². The summed E-state index contributed by atoms with van der Waals surface area (Å²) in [5.41, 5.74) is 2.82. The average molecular weight is 236 g/mol. The Hall–Kier alpha value is -0.870. The molecule has 0 saturated carbocycles. The van der Waals surface area contributed by atoms with E-state index in [9.17, 15) is 0 Å². The van der Waals surface area contributed by atoms with Crippen LogP contribution in [0.15, 0.2) is 0 Å². The van der Waals surface area contributed by atoms with Crippen molar-refractivity contribution >= 4 is 0 Å². The van der Waals surface area contributed by atoms with Crippen molar-refractivity contribution < 1.29 is 0 Å². The van der Waals surface area contributed by atoms with Gasteiger partial charge in [0.05, 0.1) is 5.69 Å². The van der Waals surface area contributed by atoms with Crippen LogP contribution in [0.1, 0.15) is 31.1 Å². The Morgan fingerprint density at radius 2 is 2.12 bits per heavy atom. The zero-order valence-electron chi connectivity index (χ0n) is 11.7. The van der Waals surface area contributed by atoms with Gasteiger partial charge in [0.25, 0.3) is 0 Å². The van der Waals surface area contributed by atoms with Crippen LogP contribution in [0.3, 0.4) is 0 Å². The van der Waals surface area contributed by atoms with Gasteiger partial charge in [0.15, 0.2) is 0 Å². The molecule has 4 heteroatoms. The maximum absolute atomic E-state index is 4.68. The minimum Gasteiger partial charge on any atom is -0.330 e. The summed E-state index contributed by atoms with van der Waals surface area (Å²) in [6.45, 7) is 9.67. The van der Waals surface area contributed by atoms with Gasteiger partial charge in [-0.3, -0.25) is 0 Å². The first-order valence-electron chi connectivity index (χ1n) is 6.35. The van der Waals surface area contributed by atoms with Gasteiger partial charge in [-0.25, -0.2) is 4.98 Å². The van der Waals surface area contributed by atoms with Crippen molar-refractivity contribution in [3.8, 4) is 0 Å². The summed E-state index contributed by atoms with van der Waals surface area (Å²) in [6, 6.07) is 0. The summed E-state index contributed by atoms with van der Waals surface area (Å²) in [7, 11) is 4.28. The van der Waals surface area contributed by atoms with E-state index in [1.165, 1.54) is 11.4 Å². The van der Waals surface area contributed by atoms with E-state index >= 15 is 0 Å². The van der Waals surface area contributed by atoms with E-state index in [0.717, 1.165) is 31.9 Å². The highest BCUT2D eigenvalue weighted by molar-refractivity contribution is 5.20. The van der Waals surface area contributed by atoms with E-state index in [1.807, 2.05) is 0 Å². The highest BCUT2D eigenvalue weighted by Crippen LogP contribution is 2.21. The number of hydrogen-bond acceptors (Lipinski definition) is 3. The van der Waals surface area contributed by atoms with Crippen molar-refractivity contribution in [2.24, 2.45) is 0 Å². The Morgan fingerprint density at radius 1 is 1.41 bits per heavy atom. The summed E-state index contributed by atoms with van der Waals surface area (Å²) in [4.78, 5) is 6.95. The molecule has 2 rings (SSSR count). The van der Waals surface area contributed by atoms with E-state index in [0.29, 0.717) is 0 Å².